The van der Waals surface area contributed by atoms with Crippen molar-refractivity contribution in [2.24, 2.45) is 0 Å². The van der Waals surface area contributed by atoms with E-state index >= 15 is 0 Å². The summed E-state index contributed by atoms with van der Waals surface area (Å²) >= 11 is 0. The highest BCUT2D eigenvalue weighted by atomic mass is 16.5. The molecule has 16 heavy (non-hydrogen) atoms. The lowest BCUT2D eigenvalue weighted by Crippen LogP contribution is -2.13. The first kappa shape index (κ1) is 12.3. The Kier molecular flexibility index (Phi) is 4.55. The molecular formula is C11H14N2O3. The van der Waals surface area contributed by atoms with Gasteiger partial charge in [-0.2, -0.15) is 5.26 Å². The van der Waals surface area contributed by atoms with Crippen molar-refractivity contribution in [1.82, 2.24) is 5.32 Å². The fraction of sp³-hybridized carbons (Fsp3) is 0.455. The molecule has 0 aromatic carbocycles. The molecule has 0 amide bonds. The van der Waals surface area contributed by atoms with Crippen LogP contribution in [0.3, 0.4) is 0 Å². The van der Waals surface area contributed by atoms with Gasteiger partial charge in [-0.25, -0.2) is 4.79 Å². The van der Waals surface area contributed by atoms with Crippen LogP contribution < -0.4 is 5.32 Å². The second-order valence-electron chi connectivity index (χ2n) is 3.26. The molecule has 1 heterocycles. The third-order valence-electron chi connectivity index (χ3n) is 2.09. The molecule has 0 saturated carbocycles. The average molecular weight is 222 g/mol. The fourth-order valence-electron chi connectivity index (χ4n) is 1.30. The highest BCUT2D eigenvalue weighted by Crippen LogP contribution is 2.15. The van der Waals surface area contributed by atoms with E-state index in [4.69, 9.17) is 9.68 Å². The van der Waals surface area contributed by atoms with Gasteiger partial charge in [0.05, 0.1) is 19.7 Å². The Morgan fingerprint density at radius 2 is 2.44 bits per heavy atom. The van der Waals surface area contributed by atoms with Gasteiger partial charge in [-0.15, -0.1) is 0 Å². The van der Waals surface area contributed by atoms with E-state index in [9.17, 15) is 4.79 Å². The van der Waals surface area contributed by atoms with E-state index in [0.29, 0.717) is 36.6 Å². The van der Waals surface area contributed by atoms with Crippen LogP contribution in [0.5, 0.6) is 0 Å². The van der Waals surface area contributed by atoms with Gasteiger partial charge in [0.15, 0.2) is 0 Å². The number of nitrogens with one attached hydrogen (secondary N) is 1. The van der Waals surface area contributed by atoms with Crippen LogP contribution in [0.1, 0.15) is 28.3 Å². The second-order valence-corrected chi connectivity index (χ2v) is 3.26. The van der Waals surface area contributed by atoms with E-state index in [-0.39, 0.29) is 0 Å². The minimum atomic E-state index is -0.399. The highest BCUT2D eigenvalue weighted by Gasteiger charge is 2.14. The summed E-state index contributed by atoms with van der Waals surface area (Å²) in [4.78, 5) is 11.3. The molecule has 0 spiro atoms. The number of carbonyl (C=O) groups excluding carboxylic acids is 1. The fourth-order valence-corrected chi connectivity index (χ4v) is 1.30. The van der Waals surface area contributed by atoms with Gasteiger partial charge in [0.1, 0.15) is 17.1 Å². The molecule has 0 fully saturated rings. The number of nitriles is 1. The Bertz CT molecular complexity index is 404. The summed E-state index contributed by atoms with van der Waals surface area (Å²) in [5, 5.41) is 11.4. The Morgan fingerprint density at radius 3 is 3.06 bits per heavy atom. The maximum atomic E-state index is 11.3. The molecule has 5 heteroatoms. The van der Waals surface area contributed by atoms with Crippen molar-refractivity contribution in [3.05, 3.63) is 23.2 Å². The number of carbonyl (C=O) groups is 1. The molecule has 0 unspecified atom stereocenters. The van der Waals surface area contributed by atoms with Crippen molar-refractivity contribution >= 4 is 5.97 Å². The van der Waals surface area contributed by atoms with Crippen molar-refractivity contribution in [3.63, 3.8) is 0 Å². The summed E-state index contributed by atoms with van der Waals surface area (Å²) in [5.41, 5.74) is 0.444. The van der Waals surface area contributed by atoms with Gasteiger partial charge in [0.25, 0.3) is 0 Å². The number of hydrogen-bond donors (Lipinski definition) is 1. The van der Waals surface area contributed by atoms with Gasteiger partial charge in [0.2, 0.25) is 0 Å². The highest BCUT2D eigenvalue weighted by molar-refractivity contribution is 5.90. The SMILES string of the molecule is COC(=O)c1cc(CNCCC#N)oc1C. The van der Waals surface area contributed by atoms with Crippen LogP contribution in [0, 0.1) is 18.3 Å². The summed E-state index contributed by atoms with van der Waals surface area (Å²) in [7, 11) is 1.33. The van der Waals surface area contributed by atoms with Gasteiger partial charge in [-0.3, -0.25) is 0 Å². The molecule has 0 aliphatic carbocycles. The first-order valence-corrected chi connectivity index (χ1v) is 4.94. The van der Waals surface area contributed by atoms with Crippen molar-refractivity contribution in [3.8, 4) is 6.07 Å². The van der Waals surface area contributed by atoms with Crippen LogP contribution in [-0.4, -0.2) is 19.6 Å². The first-order chi connectivity index (χ1) is 7.69. The van der Waals surface area contributed by atoms with E-state index in [2.05, 4.69) is 10.1 Å². The van der Waals surface area contributed by atoms with Crippen LogP contribution in [0.2, 0.25) is 0 Å². The van der Waals surface area contributed by atoms with Gasteiger partial charge < -0.3 is 14.5 Å². The van der Waals surface area contributed by atoms with E-state index < -0.39 is 5.97 Å². The molecule has 0 atom stereocenters. The number of nitrogens with zero attached hydrogens (tertiary/aromatic N) is 1. The molecule has 0 radical (unpaired) electrons. The van der Waals surface area contributed by atoms with E-state index in [1.54, 1.807) is 13.0 Å². The number of hydrogen-bond acceptors (Lipinski definition) is 5. The zero-order chi connectivity index (χ0) is 12.0. The minimum absolute atomic E-state index is 0.399. The molecule has 1 N–H and O–H groups in total. The Morgan fingerprint density at radius 1 is 1.69 bits per heavy atom. The molecule has 1 rings (SSSR count). The first-order valence-electron chi connectivity index (χ1n) is 4.94. The molecule has 0 aliphatic rings. The number of aryl methyl sites for hydroxylation is 1. The third kappa shape index (κ3) is 3.11. The number of ether oxygens (including phenoxy) is 1. The number of esters is 1. The molecule has 86 valence electrons. The summed E-state index contributed by atoms with van der Waals surface area (Å²) in [6.45, 7) is 2.81. The summed E-state index contributed by atoms with van der Waals surface area (Å²) < 4.78 is 9.98. The maximum Gasteiger partial charge on any atom is 0.341 e. The van der Waals surface area contributed by atoms with Crippen molar-refractivity contribution < 1.29 is 13.9 Å². The lowest BCUT2D eigenvalue weighted by molar-refractivity contribution is 0.0599. The Balaban J connectivity index is 2.56. The predicted molar refractivity (Wildman–Crippen MR) is 56.7 cm³/mol. The Labute approximate surface area is 94.0 Å². The van der Waals surface area contributed by atoms with Crippen LogP contribution in [-0.2, 0) is 11.3 Å². The maximum absolute atomic E-state index is 11.3. The normalized spacial score (nSPS) is 9.81. The predicted octanol–water partition coefficient (Wildman–Crippen LogP) is 1.38. The standard InChI is InChI=1S/C11H14N2O3/c1-8-10(11(14)15-2)6-9(16-8)7-13-5-3-4-12/h6,13H,3,5,7H2,1-2H3. The zero-order valence-electron chi connectivity index (χ0n) is 9.37. The lowest BCUT2D eigenvalue weighted by Gasteiger charge is -1.97. The largest absolute Gasteiger partial charge is 0.465 e. The average Bonchev–Trinajstić information content (AvgIpc) is 2.65. The molecule has 0 aliphatic heterocycles. The lowest BCUT2D eigenvalue weighted by atomic mass is 10.2. The van der Waals surface area contributed by atoms with Gasteiger partial charge in [-0.1, -0.05) is 0 Å². The van der Waals surface area contributed by atoms with Gasteiger partial charge >= 0.3 is 5.97 Å². The van der Waals surface area contributed by atoms with Crippen LogP contribution in [0.25, 0.3) is 0 Å². The Hall–Kier alpha value is -1.80. The zero-order valence-corrected chi connectivity index (χ0v) is 9.37. The van der Waals surface area contributed by atoms with Gasteiger partial charge in [0, 0.05) is 13.0 Å². The molecule has 0 saturated heterocycles. The van der Waals surface area contributed by atoms with E-state index in [1.807, 2.05) is 6.07 Å². The summed E-state index contributed by atoms with van der Waals surface area (Å²) in [5.74, 6) is 0.810. The quantitative estimate of drug-likeness (QED) is 0.601. The van der Waals surface area contributed by atoms with Gasteiger partial charge in [-0.05, 0) is 13.0 Å². The monoisotopic (exact) mass is 222 g/mol. The molecule has 1 aromatic heterocycles. The molecule has 5 nitrogen and oxygen atoms in total. The van der Waals surface area contributed by atoms with Crippen molar-refractivity contribution in [1.29, 1.82) is 5.26 Å². The molecule has 1 aromatic rings. The third-order valence-corrected chi connectivity index (χ3v) is 2.09. The topological polar surface area (TPSA) is 75.3 Å². The summed E-state index contributed by atoms with van der Waals surface area (Å²) in [6, 6.07) is 3.68. The minimum Gasteiger partial charge on any atom is -0.465 e. The number of methoxy groups -OCH3 is 1. The molecule has 0 bridgehead atoms. The van der Waals surface area contributed by atoms with Crippen molar-refractivity contribution in [2.75, 3.05) is 13.7 Å². The molecular weight excluding hydrogens is 208 g/mol. The van der Waals surface area contributed by atoms with Crippen LogP contribution >= 0.6 is 0 Å². The number of rotatable bonds is 5. The van der Waals surface area contributed by atoms with Crippen LogP contribution in [0.15, 0.2) is 10.5 Å². The summed E-state index contributed by atoms with van der Waals surface area (Å²) in [6.07, 6.45) is 0.448. The van der Waals surface area contributed by atoms with E-state index in [1.165, 1.54) is 7.11 Å². The second kappa shape index (κ2) is 5.93. The van der Waals surface area contributed by atoms with Crippen LogP contribution in [0.4, 0.5) is 0 Å². The van der Waals surface area contributed by atoms with E-state index in [0.717, 1.165) is 0 Å². The van der Waals surface area contributed by atoms with Crippen molar-refractivity contribution in [2.45, 2.75) is 19.9 Å². The smallest absolute Gasteiger partial charge is 0.341 e. The number of furan rings is 1.